The fourth-order valence-electron chi connectivity index (χ4n) is 3.29. The third-order valence-electron chi connectivity index (χ3n) is 4.29. The number of rotatable bonds is 3. The van der Waals surface area contributed by atoms with Gasteiger partial charge in [-0.25, -0.2) is 0 Å². The highest BCUT2D eigenvalue weighted by Crippen LogP contribution is 2.35. The smallest absolute Gasteiger partial charge is 0.171 e. The molecule has 0 saturated heterocycles. The molecule has 0 radical (unpaired) electrons. The van der Waals surface area contributed by atoms with E-state index in [4.69, 9.17) is 9.73 Å². The molecule has 0 spiro atoms. The van der Waals surface area contributed by atoms with Gasteiger partial charge in [0.2, 0.25) is 0 Å². The van der Waals surface area contributed by atoms with Crippen LogP contribution in [0.15, 0.2) is 59.4 Å². The van der Waals surface area contributed by atoms with Gasteiger partial charge in [0.1, 0.15) is 6.61 Å². The van der Waals surface area contributed by atoms with Crippen molar-refractivity contribution in [1.29, 1.82) is 0 Å². The molecule has 3 nitrogen and oxygen atoms in total. The zero-order valence-corrected chi connectivity index (χ0v) is 11.4. The fourth-order valence-corrected chi connectivity index (χ4v) is 3.29. The predicted molar refractivity (Wildman–Crippen MR) is 79.2 cm³/mol. The number of benzene rings is 1. The summed E-state index contributed by atoms with van der Waals surface area (Å²) in [5.74, 6) is 1.93. The molecule has 102 valence electrons. The van der Waals surface area contributed by atoms with Gasteiger partial charge in [0.05, 0.1) is 12.1 Å². The molecule has 1 aromatic rings. The molecule has 2 atom stereocenters. The maximum Gasteiger partial charge on any atom is 0.171 e. The Kier molecular flexibility index (Phi) is 2.84. The van der Waals surface area contributed by atoms with E-state index in [1.165, 1.54) is 24.8 Å². The molecule has 1 aliphatic carbocycles. The molecule has 0 aromatic heterocycles. The maximum atomic E-state index is 5.99. The van der Waals surface area contributed by atoms with Crippen molar-refractivity contribution >= 4 is 5.84 Å². The van der Waals surface area contributed by atoms with Crippen LogP contribution in [0, 0.1) is 0 Å². The number of hydrogen-bond acceptors (Lipinski definition) is 3. The summed E-state index contributed by atoms with van der Waals surface area (Å²) in [4.78, 5) is 7.17. The molecule has 3 aliphatic rings. The van der Waals surface area contributed by atoms with E-state index in [-0.39, 0.29) is 0 Å². The first-order chi connectivity index (χ1) is 9.92. The molecule has 3 heteroatoms. The van der Waals surface area contributed by atoms with Gasteiger partial charge in [0.25, 0.3) is 0 Å². The Hall–Kier alpha value is -2.03. The van der Waals surface area contributed by atoms with Gasteiger partial charge in [-0.15, -0.1) is 0 Å². The summed E-state index contributed by atoms with van der Waals surface area (Å²) in [5.41, 5.74) is 1.19. The van der Waals surface area contributed by atoms with Crippen LogP contribution < -0.4 is 0 Å². The van der Waals surface area contributed by atoms with Crippen LogP contribution in [0.5, 0.6) is 0 Å². The van der Waals surface area contributed by atoms with Crippen molar-refractivity contribution < 1.29 is 4.74 Å². The third-order valence-corrected chi connectivity index (χ3v) is 4.29. The number of ether oxygens (including phenoxy) is 1. The van der Waals surface area contributed by atoms with Crippen LogP contribution in [0.4, 0.5) is 0 Å². The second-order valence-electron chi connectivity index (χ2n) is 5.57. The van der Waals surface area contributed by atoms with Gasteiger partial charge in [-0.05, 0) is 37.0 Å². The molecule has 0 amide bonds. The first kappa shape index (κ1) is 11.8. The summed E-state index contributed by atoms with van der Waals surface area (Å²) in [5, 5.41) is 0. The average Bonchev–Trinajstić information content (AvgIpc) is 3.07. The maximum absolute atomic E-state index is 5.99. The van der Waals surface area contributed by atoms with Crippen LogP contribution in [-0.4, -0.2) is 22.8 Å². The lowest BCUT2D eigenvalue weighted by atomic mass is 10.1. The topological polar surface area (TPSA) is 24.8 Å². The lowest BCUT2D eigenvalue weighted by molar-refractivity contribution is 0.211. The number of hydrogen-bond donors (Lipinski definition) is 0. The first-order valence-corrected chi connectivity index (χ1v) is 7.33. The summed E-state index contributed by atoms with van der Waals surface area (Å²) in [6.07, 6.45) is 9.99. The SMILES string of the molecule is C1=CN2C(=NC3CCCC32)C(OCc2ccccc2)=C1. The van der Waals surface area contributed by atoms with Crippen LogP contribution >= 0.6 is 0 Å². The average molecular weight is 266 g/mol. The van der Waals surface area contributed by atoms with Crippen molar-refractivity contribution in [2.24, 2.45) is 4.99 Å². The second-order valence-corrected chi connectivity index (χ2v) is 5.57. The monoisotopic (exact) mass is 266 g/mol. The Balaban J connectivity index is 1.51. The standard InChI is InChI=1S/C17H18N2O/c1-2-6-13(7-3-1)12-20-16-10-5-11-19-15-9-4-8-14(15)18-17(16)19/h1-3,5-7,10-11,14-15H,4,8-9,12H2. The summed E-state index contributed by atoms with van der Waals surface area (Å²) in [7, 11) is 0. The van der Waals surface area contributed by atoms with E-state index in [1.807, 2.05) is 24.3 Å². The van der Waals surface area contributed by atoms with Crippen molar-refractivity contribution in [2.45, 2.75) is 38.0 Å². The van der Waals surface area contributed by atoms with Crippen molar-refractivity contribution in [3.05, 3.63) is 60.0 Å². The van der Waals surface area contributed by atoms with Crippen molar-refractivity contribution in [3.63, 3.8) is 0 Å². The van der Waals surface area contributed by atoms with E-state index >= 15 is 0 Å². The molecule has 0 bridgehead atoms. The zero-order chi connectivity index (χ0) is 13.4. The minimum absolute atomic E-state index is 0.469. The zero-order valence-electron chi connectivity index (χ0n) is 11.4. The number of aliphatic imine (C=N–C) groups is 1. The van der Waals surface area contributed by atoms with Gasteiger partial charge < -0.3 is 9.64 Å². The van der Waals surface area contributed by atoms with Crippen molar-refractivity contribution in [1.82, 2.24) is 4.90 Å². The van der Waals surface area contributed by atoms with E-state index < -0.39 is 0 Å². The van der Waals surface area contributed by atoms with Crippen LogP contribution in [0.3, 0.4) is 0 Å². The van der Waals surface area contributed by atoms with Crippen LogP contribution in [0.1, 0.15) is 24.8 Å². The third kappa shape index (κ3) is 1.94. The Bertz CT molecular complexity index is 588. The molecule has 2 heterocycles. The second kappa shape index (κ2) is 4.82. The summed E-state index contributed by atoms with van der Waals surface area (Å²) >= 11 is 0. The molecular formula is C17H18N2O. The Morgan fingerprint density at radius 2 is 2.10 bits per heavy atom. The Morgan fingerprint density at radius 3 is 3.00 bits per heavy atom. The van der Waals surface area contributed by atoms with E-state index in [0.717, 1.165) is 11.6 Å². The number of amidine groups is 1. The van der Waals surface area contributed by atoms with Gasteiger partial charge in [0.15, 0.2) is 11.6 Å². The molecule has 4 rings (SSSR count). The van der Waals surface area contributed by atoms with Gasteiger partial charge in [-0.2, -0.15) is 0 Å². The van der Waals surface area contributed by atoms with Gasteiger partial charge in [-0.1, -0.05) is 30.3 Å². The molecule has 1 fully saturated rings. The lowest BCUT2D eigenvalue weighted by Crippen LogP contribution is -2.35. The fraction of sp³-hybridized carbons (Fsp3) is 0.353. The van der Waals surface area contributed by atoms with Gasteiger partial charge in [0, 0.05) is 6.20 Å². The highest BCUT2D eigenvalue weighted by Gasteiger charge is 2.40. The minimum atomic E-state index is 0.469. The van der Waals surface area contributed by atoms with Crippen LogP contribution in [-0.2, 0) is 11.3 Å². The van der Waals surface area contributed by atoms with Crippen molar-refractivity contribution in [3.8, 4) is 0 Å². The Labute approximate surface area is 119 Å². The predicted octanol–water partition coefficient (Wildman–Crippen LogP) is 3.25. The quantitative estimate of drug-likeness (QED) is 0.839. The molecule has 1 aromatic carbocycles. The molecule has 2 unspecified atom stereocenters. The number of fused-ring (bicyclic) bond motifs is 3. The first-order valence-electron chi connectivity index (χ1n) is 7.33. The molecule has 0 N–H and O–H groups in total. The molecule has 1 saturated carbocycles. The van der Waals surface area contributed by atoms with E-state index in [2.05, 4.69) is 29.3 Å². The largest absolute Gasteiger partial charge is 0.485 e. The summed E-state index contributed by atoms with van der Waals surface area (Å²) in [6, 6.07) is 11.3. The molecular weight excluding hydrogens is 248 g/mol. The highest BCUT2D eigenvalue weighted by atomic mass is 16.5. The van der Waals surface area contributed by atoms with Gasteiger partial charge in [-0.3, -0.25) is 4.99 Å². The number of nitrogens with zero attached hydrogens (tertiary/aromatic N) is 2. The number of allylic oxidation sites excluding steroid dienone is 2. The van der Waals surface area contributed by atoms with Crippen molar-refractivity contribution in [2.75, 3.05) is 0 Å². The van der Waals surface area contributed by atoms with Gasteiger partial charge >= 0.3 is 0 Å². The highest BCUT2D eigenvalue weighted by molar-refractivity contribution is 6.00. The summed E-state index contributed by atoms with van der Waals surface area (Å²) < 4.78 is 5.99. The van der Waals surface area contributed by atoms with Crippen LogP contribution in [0.25, 0.3) is 0 Å². The normalized spacial score (nSPS) is 26.9. The summed E-state index contributed by atoms with van der Waals surface area (Å²) in [6.45, 7) is 0.600. The lowest BCUT2D eigenvalue weighted by Gasteiger charge is -2.26. The van der Waals surface area contributed by atoms with E-state index in [0.29, 0.717) is 18.7 Å². The molecule has 2 aliphatic heterocycles. The van der Waals surface area contributed by atoms with E-state index in [1.54, 1.807) is 0 Å². The molecule has 20 heavy (non-hydrogen) atoms. The van der Waals surface area contributed by atoms with Crippen LogP contribution in [0.2, 0.25) is 0 Å². The Morgan fingerprint density at radius 1 is 1.20 bits per heavy atom. The van der Waals surface area contributed by atoms with E-state index in [9.17, 15) is 0 Å². The minimum Gasteiger partial charge on any atom is -0.485 e.